The van der Waals surface area contributed by atoms with Crippen LogP contribution in [0.15, 0.2) is 24.3 Å². The quantitative estimate of drug-likeness (QED) is 0.611. The van der Waals surface area contributed by atoms with E-state index in [1.54, 1.807) is 0 Å². The van der Waals surface area contributed by atoms with E-state index in [2.05, 4.69) is 36.4 Å². The summed E-state index contributed by atoms with van der Waals surface area (Å²) >= 11 is 0. The van der Waals surface area contributed by atoms with Crippen molar-refractivity contribution in [3.8, 4) is 0 Å². The maximum absolute atomic E-state index is 5.55. The van der Waals surface area contributed by atoms with Gasteiger partial charge in [-0.15, -0.1) is 0 Å². The molecule has 0 atom stereocenters. The van der Waals surface area contributed by atoms with E-state index in [1.165, 1.54) is 5.56 Å². The second-order valence-electron chi connectivity index (χ2n) is 4.08. The highest BCUT2D eigenvalue weighted by atomic mass is 15.2. The first kappa shape index (κ1) is 10.9. The molecule has 0 aliphatic rings. The Labute approximate surface area is 95.7 Å². The highest BCUT2D eigenvalue weighted by molar-refractivity contribution is 5.91. The summed E-state index contributed by atoms with van der Waals surface area (Å²) in [5.74, 6) is 5.55. The zero-order valence-corrected chi connectivity index (χ0v) is 9.75. The van der Waals surface area contributed by atoms with Crippen LogP contribution in [0.4, 0.5) is 5.69 Å². The van der Waals surface area contributed by atoms with Crippen molar-refractivity contribution in [1.29, 1.82) is 0 Å². The van der Waals surface area contributed by atoms with Gasteiger partial charge < -0.3 is 5.43 Å². The van der Waals surface area contributed by atoms with Gasteiger partial charge in [-0.2, -0.15) is 0 Å². The maximum atomic E-state index is 5.55. The second-order valence-corrected chi connectivity index (χ2v) is 4.08. The molecule has 0 radical (unpaired) electrons. The number of nitrogen functional groups attached to an aromatic ring is 1. The van der Waals surface area contributed by atoms with Gasteiger partial charge in [0, 0.05) is 11.1 Å². The first-order chi connectivity index (χ1) is 7.74. The van der Waals surface area contributed by atoms with Crippen LogP contribution in [0.1, 0.15) is 24.6 Å². The molecule has 0 saturated carbocycles. The van der Waals surface area contributed by atoms with Gasteiger partial charge >= 0.3 is 0 Å². The topological polar surface area (TPSA) is 50.9 Å². The number of nitrogens with two attached hydrogens (primary N) is 1. The average molecular weight is 215 g/mol. The predicted octanol–water partition coefficient (Wildman–Crippen LogP) is 2.78. The molecule has 3 heteroatoms. The molecule has 0 unspecified atom stereocenters. The second kappa shape index (κ2) is 4.49. The molecule has 0 aliphatic carbocycles. The summed E-state index contributed by atoms with van der Waals surface area (Å²) in [5.41, 5.74) is 7.02. The minimum absolute atomic E-state index is 0.956. The molecule has 16 heavy (non-hydrogen) atoms. The van der Waals surface area contributed by atoms with E-state index in [0.717, 1.165) is 35.1 Å². The molecule has 1 aromatic heterocycles. The van der Waals surface area contributed by atoms with E-state index >= 15 is 0 Å². The van der Waals surface area contributed by atoms with E-state index in [0.29, 0.717) is 0 Å². The van der Waals surface area contributed by atoms with Gasteiger partial charge in [-0.3, -0.25) is 10.8 Å². The highest BCUT2D eigenvalue weighted by Crippen LogP contribution is 2.24. The minimum atomic E-state index is 0.956. The van der Waals surface area contributed by atoms with Crippen LogP contribution >= 0.6 is 0 Å². The third kappa shape index (κ3) is 1.99. The molecular formula is C13H17N3. The first-order valence-electron chi connectivity index (χ1n) is 5.61. The monoisotopic (exact) mass is 215 g/mol. The van der Waals surface area contributed by atoms with Crippen molar-refractivity contribution in [3.63, 3.8) is 0 Å². The molecule has 3 nitrogen and oxygen atoms in total. The number of hydrogen-bond acceptors (Lipinski definition) is 3. The molecule has 0 saturated heterocycles. The lowest BCUT2D eigenvalue weighted by Gasteiger charge is -2.09. The number of anilines is 1. The Balaban J connectivity index is 2.63. The zero-order valence-electron chi connectivity index (χ0n) is 9.75. The average Bonchev–Trinajstić information content (AvgIpc) is 2.29. The molecule has 0 aliphatic heterocycles. The molecule has 2 aromatic rings. The standard InChI is InChI=1S/C13H17N3/c1-3-4-10-8-13(16-14)11-7-9(2)5-6-12(11)15-10/h5-8H,3-4,14H2,1-2H3,(H,15,16). The lowest BCUT2D eigenvalue weighted by molar-refractivity contribution is 0.890. The summed E-state index contributed by atoms with van der Waals surface area (Å²) in [5, 5.41) is 1.09. The van der Waals surface area contributed by atoms with E-state index in [1.807, 2.05) is 12.1 Å². The van der Waals surface area contributed by atoms with Crippen molar-refractivity contribution in [1.82, 2.24) is 4.98 Å². The number of nitrogens with one attached hydrogen (secondary N) is 1. The largest absolute Gasteiger partial charge is 0.323 e. The fraction of sp³-hybridized carbons (Fsp3) is 0.308. The molecule has 3 N–H and O–H groups in total. The van der Waals surface area contributed by atoms with Crippen LogP contribution in [0, 0.1) is 6.92 Å². The molecule has 0 amide bonds. The van der Waals surface area contributed by atoms with Crippen molar-refractivity contribution < 1.29 is 0 Å². The number of benzene rings is 1. The van der Waals surface area contributed by atoms with Crippen molar-refractivity contribution in [2.24, 2.45) is 5.84 Å². The molecule has 2 rings (SSSR count). The van der Waals surface area contributed by atoms with Gasteiger partial charge in [0.25, 0.3) is 0 Å². The number of nitrogens with zero attached hydrogens (tertiary/aromatic N) is 1. The number of aryl methyl sites for hydroxylation is 2. The summed E-state index contributed by atoms with van der Waals surface area (Å²) in [4.78, 5) is 4.62. The maximum Gasteiger partial charge on any atom is 0.0726 e. The van der Waals surface area contributed by atoms with Crippen molar-refractivity contribution in [2.45, 2.75) is 26.7 Å². The van der Waals surface area contributed by atoms with Crippen LogP contribution in [-0.4, -0.2) is 4.98 Å². The van der Waals surface area contributed by atoms with Gasteiger partial charge in [0.1, 0.15) is 0 Å². The van der Waals surface area contributed by atoms with Crippen molar-refractivity contribution in [2.75, 3.05) is 5.43 Å². The Hall–Kier alpha value is -1.61. The molecule has 84 valence electrons. The fourth-order valence-corrected chi connectivity index (χ4v) is 1.90. The summed E-state index contributed by atoms with van der Waals surface area (Å²) in [7, 11) is 0. The Kier molecular flexibility index (Phi) is 3.06. The van der Waals surface area contributed by atoms with Crippen LogP contribution in [0.25, 0.3) is 10.9 Å². The fourth-order valence-electron chi connectivity index (χ4n) is 1.90. The third-order valence-corrected chi connectivity index (χ3v) is 2.68. The lowest BCUT2D eigenvalue weighted by Crippen LogP contribution is -2.08. The Morgan fingerprint density at radius 3 is 2.81 bits per heavy atom. The van der Waals surface area contributed by atoms with Crippen LogP contribution in [-0.2, 0) is 6.42 Å². The molecular weight excluding hydrogens is 198 g/mol. The van der Waals surface area contributed by atoms with Gasteiger partial charge in [0.2, 0.25) is 0 Å². The molecule has 0 bridgehead atoms. The summed E-state index contributed by atoms with van der Waals surface area (Å²) in [6.07, 6.45) is 2.08. The molecule has 0 fully saturated rings. The van der Waals surface area contributed by atoms with Crippen LogP contribution < -0.4 is 11.3 Å². The van der Waals surface area contributed by atoms with Crippen LogP contribution in [0.5, 0.6) is 0 Å². The van der Waals surface area contributed by atoms with Gasteiger partial charge in [-0.25, -0.2) is 0 Å². The van der Waals surface area contributed by atoms with Crippen LogP contribution in [0.3, 0.4) is 0 Å². The first-order valence-corrected chi connectivity index (χ1v) is 5.61. The Bertz CT molecular complexity index is 506. The lowest BCUT2D eigenvalue weighted by atomic mass is 10.1. The normalized spacial score (nSPS) is 10.7. The summed E-state index contributed by atoms with van der Waals surface area (Å²) < 4.78 is 0. The number of rotatable bonds is 3. The number of hydrogen-bond donors (Lipinski definition) is 2. The van der Waals surface area contributed by atoms with Gasteiger partial charge in [-0.1, -0.05) is 25.0 Å². The smallest absolute Gasteiger partial charge is 0.0726 e. The van der Waals surface area contributed by atoms with Crippen molar-refractivity contribution in [3.05, 3.63) is 35.5 Å². The zero-order chi connectivity index (χ0) is 11.5. The number of hydrazine groups is 1. The Morgan fingerprint density at radius 2 is 2.12 bits per heavy atom. The summed E-state index contributed by atoms with van der Waals surface area (Å²) in [6, 6.07) is 8.26. The SMILES string of the molecule is CCCc1cc(NN)c2cc(C)ccc2n1. The highest BCUT2D eigenvalue weighted by Gasteiger charge is 2.04. The van der Waals surface area contributed by atoms with E-state index in [9.17, 15) is 0 Å². The van der Waals surface area contributed by atoms with E-state index in [-0.39, 0.29) is 0 Å². The van der Waals surface area contributed by atoms with Gasteiger partial charge in [0.05, 0.1) is 11.2 Å². The molecule has 1 aromatic carbocycles. The Morgan fingerprint density at radius 1 is 1.31 bits per heavy atom. The minimum Gasteiger partial charge on any atom is -0.323 e. The molecule has 0 spiro atoms. The number of fused-ring (bicyclic) bond motifs is 1. The third-order valence-electron chi connectivity index (χ3n) is 2.68. The molecule has 1 heterocycles. The number of aromatic nitrogens is 1. The van der Waals surface area contributed by atoms with Crippen molar-refractivity contribution >= 4 is 16.6 Å². The van der Waals surface area contributed by atoms with Gasteiger partial charge in [-0.05, 0) is 31.5 Å². The van der Waals surface area contributed by atoms with Crippen LogP contribution in [0.2, 0.25) is 0 Å². The predicted molar refractivity (Wildman–Crippen MR) is 68.3 cm³/mol. The summed E-state index contributed by atoms with van der Waals surface area (Å²) in [6.45, 7) is 4.22. The number of pyridine rings is 1. The van der Waals surface area contributed by atoms with E-state index in [4.69, 9.17) is 5.84 Å². The van der Waals surface area contributed by atoms with Gasteiger partial charge in [0.15, 0.2) is 0 Å². The van der Waals surface area contributed by atoms with E-state index < -0.39 is 0 Å².